The fourth-order valence-corrected chi connectivity index (χ4v) is 2.48. The van der Waals surface area contributed by atoms with E-state index in [1.165, 1.54) is 32.4 Å². The average Bonchev–Trinajstić information content (AvgIpc) is 2.60. The van der Waals surface area contributed by atoms with Gasteiger partial charge in [0, 0.05) is 15.6 Å². The Morgan fingerprint density at radius 1 is 1.04 bits per heavy atom. The van der Waals surface area contributed by atoms with Crippen LogP contribution >= 0.6 is 15.9 Å². The summed E-state index contributed by atoms with van der Waals surface area (Å²) in [5.74, 6) is 0.590. The minimum atomic E-state index is -2.95. The molecule has 0 heterocycles. The van der Waals surface area contributed by atoms with E-state index in [2.05, 4.69) is 20.7 Å². The van der Waals surface area contributed by atoms with E-state index in [1.54, 1.807) is 30.3 Å². The van der Waals surface area contributed by atoms with Gasteiger partial charge in [0.25, 0.3) is 0 Å². The van der Waals surface area contributed by atoms with E-state index in [0.29, 0.717) is 27.1 Å². The van der Waals surface area contributed by atoms with Crippen LogP contribution in [0.2, 0.25) is 0 Å². The Hall–Kier alpha value is -2.41. The molecule has 0 fully saturated rings. The van der Waals surface area contributed by atoms with Gasteiger partial charge in [0.1, 0.15) is 5.75 Å². The number of ether oxygens (including phenoxy) is 3. The van der Waals surface area contributed by atoms with E-state index in [-0.39, 0.29) is 11.5 Å². The lowest BCUT2D eigenvalue weighted by Crippen LogP contribution is -2.03. The number of carbonyl (C=O) groups is 1. The first-order valence-corrected chi connectivity index (χ1v) is 7.92. The molecule has 0 bridgehead atoms. The van der Waals surface area contributed by atoms with Crippen molar-refractivity contribution in [3.8, 4) is 17.2 Å². The van der Waals surface area contributed by atoms with Gasteiger partial charge in [0.15, 0.2) is 17.3 Å². The molecule has 0 amide bonds. The van der Waals surface area contributed by atoms with Crippen LogP contribution in [0, 0.1) is 0 Å². The van der Waals surface area contributed by atoms with Crippen molar-refractivity contribution in [2.75, 3.05) is 14.2 Å². The third-order valence-electron chi connectivity index (χ3n) is 3.27. The Morgan fingerprint density at radius 3 is 2.36 bits per heavy atom. The molecule has 2 rings (SSSR count). The Bertz CT molecular complexity index is 791. The van der Waals surface area contributed by atoms with Crippen LogP contribution in [-0.4, -0.2) is 26.6 Å². The largest absolute Gasteiger partial charge is 0.493 e. The Morgan fingerprint density at radius 2 is 1.72 bits per heavy atom. The molecular weight excluding hydrogens is 398 g/mol. The fraction of sp³-hybridized carbons (Fsp3) is 0.167. The molecule has 2 aromatic rings. The Balaban J connectivity index is 2.27. The summed E-state index contributed by atoms with van der Waals surface area (Å²) in [6.07, 6.45) is 2.70. The highest BCUT2D eigenvalue weighted by molar-refractivity contribution is 9.10. The van der Waals surface area contributed by atoms with Gasteiger partial charge in [-0.05, 0) is 48.6 Å². The van der Waals surface area contributed by atoms with E-state index < -0.39 is 6.61 Å². The van der Waals surface area contributed by atoms with Crippen molar-refractivity contribution in [3.05, 3.63) is 58.1 Å². The lowest BCUT2D eigenvalue weighted by molar-refractivity contribution is -0.0499. The zero-order valence-electron chi connectivity index (χ0n) is 13.5. The van der Waals surface area contributed by atoms with Crippen LogP contribution in [0.4, 0.5) is 8.78 Å². The minimum Gasteiger partial charge on any atom is -0.493 e. The number of hydrogen-bond acceptors (Lipinski definition) is 4. The maximum atomic E-state index is 12.5. The zero-order chi connectivity index (χ0) is 18.4. The van der Waals surface area contributed by atoms with Crippen molar-refractivity contribution in [1.29, 1.82) is 0 Å². The molecule has 132 valence electrons. The number of hydrogen-bond donors (Lipinski definition) is 0. The van der Waals surface area contributed by atoms with Crippen molar-refractivity contribution < 1.29 is 27.8 Å². The van der Waals surface area contributed by atoms with Crippen LogP contribution in [0.3, 0.4) is 0 Å². The monoisotopic (exact) mass is 412 g/mol. The summed E-state index contributed by atoms with van der Waals surface area (Å²) in [4.78, 5) is 12.3. The Labute approximate surface area is 152 Å². The van der Waals surface area contributed by atoms with Crippen LogP contribution in [0.1, 0.15) is 15.9 Å². The van der Waals surface area contributed by atoms with Gasteiger partial charge in [0.2, 0.25) is 0 Å². The zero-order valence-corrected chi connectivity index (χ0v) is 15.0. The topological polar surface area (TPSA) is 44.8 Å². The van der Waals surface area contributed by atoms with Gasteiger partial charge in [-0.25, -0.2) is 0 Å². The smallest absolute Gasteiger partial charge is 0.387 e. The highest BCUT2D eigenvalue weighted by Crippen LogP contribution is 2.29. The molecule has 0 unspecified atom stereocenters. The summed E-state index contributed by atoms with van der Waals surface area (Å²) in [5.41, 5.74) is 0.726. The predicted molar refractivity (Wildman–Crippen MR) is 93.7 cm³/mol. The molecule has 2 aromatic carbocycles. The molecule has 0 saturated carbocycles. The molecule has 4 nitrogen and oxygen atoms in total. The molecule has 0 N–H and O–H groups in total. The normalized spacial score (nSPS) is 11.0. The van der Waals surface area contributed by atoms with Gasteiger partial charge >= 0.3 is 6.61 Å². The fourth-order valence-electron chi connectivity index (χ4n) is 2.10. The second-order valence-corrected chi connectivity index (χ2v) is 5.74. The van der Waals surface area contributed by atoms with Crippen molar-refractivity contribution in [1.82, 2.24) is 0 Å². The molecule has 0 aliphatic rings. The molecule has 0 saturated heterocycles. The van der Waals surface area contributed by atoms with Crippen molar-refractivity contribution in [2.45, 2.75) is 6.61 Å². The van der Waals surface area contributed by atoms with Crippen molar-refractivity contribution in [2.24, 2.45) is 0 Å². The number of methoxy groups -OCH3 is 2. The third kappa shape index (κ3) is 5.03. The van der Waals surface area contributed by atoms with Gasteiger partial charge in [-0.2, -0.15) is 8.78 Å². The van der Waals surface area contributed by atoms with E-state index in [0.717, 1.165) is 0 Å². The first-order valence-electron chi connectivity index (χ1n) is 7.13. The second-order valence-electron chi connectivity index (χ2n) is 4.83. The maximum Gasteiger partial charge on any atom is 0.387 e. The van der Waals surface area contributed by atoms with E-state index in [9.17, 15) is 13.6 Å². The quantitative estimate of drug-likeness (QED) is 0.475. The molecule has 0 aliphatic carbocycles. The molecule has 0 atom stereocenters. The second kappa shape index (κ2) is 8.62. The Kier molecular flexibility index (Phi) is 6.52. The summed E-state index contributed by atoms with van der Waals surface area (Å²) >= 11 is 3.26. The van der Waals surface area contributed by atoms with Gasteiger partial charge in [-0.15, -0.1) is 0 Å². The molecule has 7 heteroatoms. The van der Waals surface area contributed by atoms with Gasteiger partial charge in [-0.3, -0.25) is 4.79 Å². The predicted octanol–water partition coefficient (Wildman–Crippen LogP) is 4.96. The maximum absolute atomic E-state index is 12.5. The molecule has 0 aromatic heterocycles. The van der Waals surface area contributed by atoms with Crippen LogP contribution in [-0.2, 0) is 0 Å². The first-order chi connectivity index (χ1) is 11.9. The van der Waals surface area contributed by atoms with E-state index >= 15 is 0 Å². The molecule has 0 aliphatic heterocycles. The highest BCUT2D eigenvalue weighted by Gasteiger charge is 2.11. The average molecular weight is 413 g/mol. The first kappa shape index (κ1) is 18.9. The summed E-state index contributed by atoms with van der Waals surface area (Å²) in [7, 11) is 2.97. The van der Waals surface area contributed by atoms with Gasteiger partial charge in [-0.1, -0.05) is 15.9 Å². The standard InChI is InChI=1S/C18H15BrF2O4/c1-23-16-7-4-11(10-17(16)24-2)14(22)6-3-12-9-13(19)5-8-15(12)25-18(20)21/h3-10,18H,1-2H3/b6-3+. The van der Waals surface area contributed by atoms with Crippen molar-refractivity contribution >= 4 is 27.8 Å². The number of carbonyl (C=O) groups excluding carboxylic acids is 1. The highest BCUT2D eigenvalue weighted by atomic mass is 79.9. The van der Waals surface area contributed by atoms with Gasteiger partial charge < -0.3 is 14.2 Å². The van der Waals surface area contributed by atoms with E-state index in [4.69, 9.17) is 9.47 Å². The lowest BCUT2D eigenvalue weighted by atomic mass is 10.1. The number of halogens is 3. The number of alkyl halides is 2. The van der Waals surface area contributed by atoms with Crippen LogP contribution < -0.4 is 14.2 Å². The molecule has 0 spiro atoms. The summed E-state index contributed by atoms with van der Waals surface area (Å²) < 4.78 is 40.3. The summed E-state index contributed by atoms with van der Waals surface area (Å²) in [5, 5.41) is 0. The summed E-state index contributed by atoms with van der Waals surface area (Å²) in [6.45, 7) is -2.95. The summed E-state index contributed by atoms with van der Waals surface area (Å²) in [6, 6.07) is 9.30. The van der Waals surface area contributed by atoms with Crippen LogP contribution in [0.25, 0.3) is 6.08 Å². The number of ketones is 1. The third-order valence-corrected chi connectivity index (χ3v) is 3.76. The van der Waals surface area contributed by atoms with Crippen LogP contribution in [0.15, 0.2) is 46.9 Å². The van der Waals surface area contributed by atoms with E-state index in [1.807, 2.05) is 0 Å². The number of allylic oxidation sites excluding steroid dienone is 1. The lowest BCUT2D eigenvalue weighted by Gasteiger charge is -2.09. The SMILES string of the molecule is COc1ccc(C(=O)/C=C/c2cc(Br)ccc2OC(F)F)cc1OC. The molecule has 25 heavy (non-hydrogen) atoms. The van der Waals surface area contributed by atoms with Crippen molar-refractivity contribution in [3.63, 3.8) is 0 Å². The number of rotatable bonds is 7. The van der Waals surface area contributed by atoms with Gasteiger partial charge in [0.05, 0.1) is 14.2 Å². The molecular formula is C18H15BrF2O4. The number of benzene rings is 2. The minimum absolute atomic E-state index is 0.0189. The molecule has 0 radical (unpaired) electrons. The van der Waals surface area contributed by atoms with Crippen LogP contribution in [0.5, 0.6) is 17.2 Å².